The Labute approximate surface area is 135 Å². The largest absolute Gasteiger partial charge is 0.286 e. The summed E-state index contributed by atoms with van der Waals surface area (Å²) in [6.45, 7) is 0. The standard InChI is InChI=1S/C18H11NOS2/c20-16(13-9-5-2-6-10-13)17-19-14-11-15(21-18(14)22-17)12-7-3-1-4-8-12/h1-11H. The molecular weight excluding hydrogens is 310 g/mol. The van der Waals surface area contributed by atoms with Crippen molar-refractivity contribution in [3.63, 3.8) is 0 Å². The van der Waals surface area contributed by atoms with E-state index in [0.717, 1.165) is 9.53 Å². The van der Waals surface area contributed by atoms with Crippen LogP contribution in [0.2, 0.25) is 0 Å². The zero-order chi connectivity index (χ0) is 14.9. The second-order valence-corrected chi connectivity index (χ2v) is 7.17. The third-order valence-corrected chi connectivity index (χ3v) is 5.71. The number of rotatable bonds is 3. The summed E-state index contributed by atoms with van der Waals surface area (Å²) < 4.78 is 1.10. The molecule has 0 saturated heterocycles. The van der Waals surface area contributed by atoms with E-state index in [1.807, 2.05) is 48.5 Å². The number of benzene rings is 2. The molecule has 4 rings (SSSR count). The Balaban J connectivity index is 1.71. The number of fused-ring (bicyclic) bond motifs is 1. The molecule has 22 heavy (non-hydrogen) atoms. The van der Waals surface area contributed by atoms with Gasteiger partial charge in [-0.05, 0) is 11.6 Å². The quantitative estimate of drug-likeness (QED) is 0.482. The molecule has 4 heteroatoms. The number of ketones is 1. The predicted octanol–water partition coefficient (Wildman–Crippen LogP) is 5.26. The number of thiazole rings is 1. The first kappa shape index (κ1) is 13.4. The van der Waals surface area contributed by atoms with E-state index in [0.29, 0.717) is 10.6 Å². The first-order chi connectivity index (χ1) is 10.8. The molecule has 2 heterocycles. The van der Waals surface area contributed by atoms with Gasteiger partial charge in [0, 0.05) is 10.4 Å². The number of hydrogen-bond donors (Lipinski definition) is 0. The lowest BCUT2D eigenvalue weighted by molar-refractivity contribution is 0.103. The Bertz CT molecular complexity index is 908. The summed E-state index contributed by atoms with van der Waals surface area (Å²) >= 11 is 3.16. The lowest BCUT2D eigenvalue weighted by atomic mass is 10.1. The summed E-state index contributed by atoms with van der Waals surface area (Å²) in [6.07, 6.45) is 0. The highest BCUT2D eigenvalue weighted by atomic mass is 32.2. The topological polar surface area (TPSA) is 30.0 Å². The van der Waals surface area contributed by atoms with Crippen LogP contribution in [-0.2, 0) is 0 Å². The summed E-state index contributed by atoms with van der Waals surface area (Å²) in [7, 11) is 0. The maximum Gasteiger partial charge on any atom is 0.221 e. The molecule has 0 unspecified atom stereocenters. The van der Waals surface area contributed by atoms with Crippen LogP contribution in [0.25, 0.3) is 20.0 Å². The summed E-state index contributed by atoms with van der Waals surface area (Å²) in [5.74, 6) is -0.00439. The third-order valence-electron chi connectivity index (χ3n) is 3.38. The van der Waals surface area contributed by atoms with E-state index in [1.54, 1.807) is 11.3 Å². The minimum absolute atomic E-state index is 0.00439. The van der Waals surface area contributed by atoms with Crippen molar-refractivity contribution in [1.82, 2.24) is 4.98 Å². The molecule has 0 bridgehead atoms. The van der Waals surface area contributed by atoms with E-state index >= 15 is 0 Å². The zero-order valence-electron chi connectivity index (χ0n) is 11.5. The Morgan fingerprint density at radius 1 is 0.864 bits per heavy atom. The molecule has 2 aromatic heterocycles. The van der Waals surface area contributed by atoms with Gasteiger partial charge in [-0.25, -0.2) is 4.98 Å². The Morgan fingerprint density at radius 2 is 1.55 bits per heavy atom. The monoisotopic (exact) mass is 321 g/mol. The molecule has 2 nitrogen and oxygen atoms in total. The van der Waals surface area contributed by atoms with Crippen LogP contribution < -0.4 is 0 Å². The first-order valence-corrected chi connectivity index (χ1v) is 8.50. The third kappa shape index (κ3) is 2.36. The van der Waals surface area contributed by atoms with Crippen LogP contribution in [0, 0.1) is 0 Å². The molecule has 0 N–H and O–H groups in total. The molecule has 2 aromatic carbocycles. The van der Waals surface area contributed by atoms with Crippen molar-refractivity contribution in [2.45, 2.75) is 0 Å². The summed E-state index contributed by atoms with van der Waals surface area (Å²) in [5, 5.41) is 0.562. The molecule has 0 aliphatic heterocycles. The fourth-order valence-corrected chi connectivity index (χ4v) is 4.54. The van der Waals surface area contributed by atoms with Crippen molar-refractivity contribution in [2.24, 2.45) is 0 Å². The normalized spacial score (nSPS) is 10.9. The fourth-order valence-electron chi connectivity index (χ4n) is 2.29. The Kier molecular flexibility index (Phi) is 3.33. The van der Waals surface area contributed by atoms with Crippen molar-refractivity contribution in [3.05, 3.63) is 77.3 Å². The predicted molar refractivity (Wildman–Crippen MR) is 92.8 cm³/mol. The van der Waals surface area contributed by atoms with Gasteiger partial charge >= 0.3 is 0 Å². The average Bonchev–Trinajstić information content (AvgIpc) is 3.15. The van der Waals surface area contributed by atoms with Gasteiger partial charge in [0.15, 0.2) is 5.01 Å². The van der Waals surface area contributed by atoms with Crippen LogP contribution in [0.1, 0.15) is 15.4 Å². The highest BCUT2D eigenvalue weighted by Gasteiger charge is 2.16. The van der Waals surface area contributed by atoms with E-state index in [2.05, 4.69) is 23.2 Å². The number of carbonyl (C=O) groups excluding carboxylic acids is 1. The van der Waals surface area contributed by atoms with Crippen molar-refractivity contribution in [3.8, 4) is 10.4 Å². The summed E-state index contributed by atoms with van der Waals surface area (Å²) in [4.78, 5) is 18.1. The van der Waals surface area contributed by atoms with Crippen LogP contribution in [0.5, 0.6) is 0 Å². The number of aromatic nitrogens is 1. The molecule has 0 spiro atoms. The van der Waals surface area contributed by atoms with Crippen LogP contribution in [0.4, 0.5) is 0 Å². The molecular formula is C18H11NOS2. The smallest absolute Gasteiger partial charge is 0.221 e. The SMILES string of the molecule is O=C(c1ccccc1)c1nc2cc(-c3ccccc3)sc2s1. The van der Waals surface area contributed by atoms with Crippen LogP contribution >= 0.6 is 22.7 Å². The van der Waals surface area contributed by atoms with Crippen LogP contribution in [0.15, 0.2) is 66.7 Å². The Morgan fingerprint density at radius 3 is 2.23 bits per heavy atom. The molecule has 0 radical (unpaired) electrons. The van der Waals surface area contributed by atoms with Gasteiger partial charge in [0.1, 0.15) is 4.01 Å². The van der Waals surface area contributed by atoms with Gasteiger partial charge in [0.25, 0.3) is 0 Å². The molecule has 0 saturated carbocycles. The van der Waals surface area contributed by atoms with Gasteiger partial charge in [0.2, 0.25) is 5.78 Å². The van der Waals surface area contributed by atoms with E-state index in [4.69, 9.17) is 0 Å². The molecule has 4 aromatic rings. The Hall–Kier alpha value is -2.30. The highest BCUT2D eigenvalue weighted by Crippen LogP contribution is 2.37. The lowest BCUT2D eigenvalue weighted by Crippen LogP contribution is -1.99. The maximum absolute atomic E-state index is 12.4. The fraction of sp³-hybridized carbons (Fsp3) is 0. The lowest BCUT2D eigenvalue weighted by Gasteiger charge is -1.96. The van der Waals surface area contributed by atoms with Gasteiger partial charge in [-0.3, -0.25) is 4.79 Å². The minimum Gasteiger partial charge on any atom is -0.286 e. The van der Waals surface area contributed by atoms with E-state index in [9.17, 15) is 4.79 Å². The molecule has 0 atom stereocenters. The van der Waals surface area contributed by atoms with Gasteiger partial charge in [-0.1, -0.05) is 72.0 Å². The number of thiophene rings is 1. The molecule has 0 aliphatic carbocycles. The van der Waals surface area contributed by atoms with Crippen molar-refractivity contribution in [2.75, 3.05) is 0 Å². The van der Waals surface area contributed by atoms with Crippen molar-refractivity contribution >= 4 is 38.0 Å². The first-order valence-electron chi connectivity index (χ1n) is 6.87. The highest BCUT2D eigenvalue weighted by molar-refractivity contribution is 7.40. The zero-order valence-corrected chi connectivity index (χ0v) is 13.2. The molecule has 0 aliphatic rings. The van der Waals surface area contributed by atoms with Gasteiger partial charge in [0.05, 0.1) is 5.52 Å². The van der Waals surface area contributed by atoms with Crippen molar-refractivity contribution < 1.29 is 4.79 Å². The van der Waals surface area contributed by atoms with Gasteiger partial charge in [-0.2, -0.15) is 0 Å². The molecule has 106 valence electrons. The number of hydrogen-bond acceptors (Lipinski definition) is 4. The van der Waals surface area contributed by atoms with Crippen LogP contribution in [-0.4, -0.2) is 10.8 Å². The van der Waals surface area contributed by atoms with E-state index in [-0.39, 0.29) is 5.78 Å². The second-order valence-electron chi connectivity index (χ2n) is 4.86. The van der Waals surface area contributed by atoms with Crippen LogP contribution in [0.3, 0.4) is 0 Å². The average molecular weight is 321 g/mol. The molecule has 0 amide bonds. The van der Waals surface area contributed by atoms with E-state index < -0.39 is 0 Å². The maximum atomic E-state index is 12.4. The summed E-state index contributed by atoms with van der Waals surface area (Å²) in [5.41, 5.74) is 2.79. The summed E-state index contributed by atoms with van der Waals surface area (Å²) in [6, 6.07) is 21.6. The van der Waals surface area contributed by atoms with E-state index in [1.165, 1.54) is 21.8 Å². The van der Waals surface area contributed by atoms with Crippen molar-refractivity contribution in [1.29, 1.82) is 0 Å². The number of carbonyl (C=O) groups is 1. The number of nitrogens with zero attached hydrogens (tertiary/aromatic N) is 1. The second kappa shape index (κ2) is 5.48. The molecule has 0 fully saturated rings. The minimum atomic E-state index is -0.00439. The van der Waals surface area contributed by atoms with Gasteiger partial charge < -0.3 is 0 Å². The van der Waals surface area contributed by atoms with Gasteiger partial charge in [-0.15, -0.1) is 11.3 Å².